The molecule has 0 amide bonds. The molecule has 0 radical (unpaired) electrons. The average Bonchev–Trinajstić information content (AvgIpc) is 2.89. The van der Waals surface area contributed by atoms with Crippen molar-refractivity contribution in [1.29, 1.82) is 0 Å². The summed E-state index contributed by atoms with van der Waals surface area (Å²) in [7, 11) is 0. The SMILES string of the molecule is C/C=C/Oc1cncc(N2CCCNCC23OC(=O)C=CC(=O)O3)c1. The van der Waals surface area contributed by atoms with Crippen molar-refractivity contribution < 1.29 is 23.8 Å². The van der Waals surface area contributed by atoms with Gasteiger partial charge in [-0.1, -0.05) is 6.08 Å². The van der Waals surface area contributed by atoms with Crippen LogP contribution in [0.15, 0.2) is 43.0 Å². The van der Waals surface area contributed by atoms with Crippen molar-refractivity contribution >= 4 is 17.6 Å². The van der Waals surface area contributed by atoms with Crippen LogP contribution in [0.4, 0.5) is 5.69 Å². The smallest absolute Gasteiger partial charge is 0.356 e. The minimum absolute atomic E-state index is 0.145. The molecule has 8 heteroatoms. The number of aromatic nitrogens is 1. The van der Waals surface area contributed by atoms with Gasteiger partial charge >= 0.3 is 17.8 Å². The number of carbonyl (C=O) groups excluding carboxylic acids is 2. The largest absolute Gasteiger partial charge is 0.464 e. The summed E-state index contributed by atoms with van der Waals surface area (Å²) in [5.41, 5.74) is 0.619. The Morgan fingerprint density at radius 3 is 2.76 bits per heavy atom. The summed E-state index contributed by atoms with van der Waals surface area (Å²) in [6, 6.07) is 1.75. The summed E-state index contributed by atoms with van der Waals surface area (Å²) in [4.78, 5) is 29.8. The van der Waals surface area contributed by atoms with E-state index in [1.165, 1.54) is 6.26 Å². The molecule has 0 unspecified atom stereocenters. The molecule has 0 saturated carbocycles. The molecule has 0 bridgehead atoms. The summed E-state index contributed by atoms with van der Waals surface area (Å²) in [6.07, 6.45) is 9.35. The van der Waals surface area contributed by atoms with Crippen LogP contribution in [0.1, 0.15) is 13.3 Å². The van der Waals surface area contributed by atoms with Crippen molar-refractivity contribution in [3.63, 3.8) is 0 Å². The van der Waals surface area contributed by atoms with E-state index in [0.29, 0.717) is 24.5 Å². The van der Waals surface area contributed by atoms with Crippen molar-refractivity contribution in [2.75, 3.05) is 24.5 Å². The number of allylic oxidation sites excluding steroid dienone is 1. The third-order valence-electron chi connectivity index (χ3n) is 3.72. The Labute approximate surface area is 145 Å². The van der Waals surface area contributed by atoms with Crippen LogP contribution in [0.25, 0.3) is 0 Å². The van der Waals surface area contributed by atoms with E-state index in [-0.39, 0.29) is 6.54 Å². The van der Waals surface area contributed by atoms with E-state index in [1.807, 2.05) is 6.92 Å². The normalized spacial score (nSPS) is 20.1. The first-order chi connectivity index (χ1) is 12.1. The first kappa shape index (κ1) is 17.0. The highest BCUT2D eigenvalue weighted by Crippen LogP contribution is 2.31. The van der Waals surface area contributed by atoms with Gasteiger partial charge in [-0.15, -0.1) is 0 Å². The number of nitrogens with one attached hydrogen (secondary N) is 1. The highest BCUT2D eigenvalue weighted by atomic mass is 16.8. The summed E-state index contributed by atoms with van der Waals surface area (Å²) in [5.74, 6) is -2.34. The second-order valence-electron chi connectivity index (χ2n) is 5.54. The summed E-state index contributed by atoms with van der Waals surface area (Å²) in [5, 5.41) is 3.14. The topological polar surface area (TPSA) is 90.0 Å². The molecular formula is C17H19N3O5. The zero-order valence-electron chi connectivity index (χ0n) is 13.8. The maximum atomic E-state index is 12.0. The first-order valence-electron chi connectivity index (χ1n) is 7.98. The van der Waals surface area contributed by atoms with Gasteiger partial charge in [0.25, 0.3) is 0 Å². The molecular weight excluding hydrogens is 326 g/mol. The fourth-order valence-corrected chi connectivity index (χ4v) is 2.69. The zero-order valence-corrected chi connectivity index (χ0v) is 13.8. The Morgan fingerprint density at radius 2 is 2.04 bits per heavy atom. The number of esters is 2. The highest BCUT2D eigenvalue weighted by molar-refractivity contribution is 5.93. The molecule has 1 N–H and O–H groups in total. The number of rotatable bonds is 3. The third-order valence-corrected chi connectivity index (χ3v) is 3.72. The lowest BCUT2D eigenvalue weighted by Gasteiger charge is -2.40. The summed E-state index contributed by atoms with van der Waals surface area (Å²) in [6.45, 7) is 3.18. The lowest BCUT2D eigenvalue weighted by Crippen LogP contribution is -2.58. The molecule has 8 nitrogen and oxygen atoms in total. The van der Waals surface area contributed by atoms with Gasteiger partial charge < -0.3 is 19.5 Å². The Kier molecular flexibility index (Phi) is 4.99. The number of hydrogen-bond donors (Lipinski definition) is 1. The van der Waals surface area contributed by atoms with Gasteiger partial charge in [-0.2, -0.15) is 0 Å². The monoisotopic (exact) mass is 345 g/mol. The lowest BCUT2D eigenvalue weighted by atomic mass is 10.2. The van der Waals surface area contributed by atoms with Crippen molar-refractivity contribution in [3.05, 3.63) is 43.0 Å². The van der Waals surface area contributed by atoms with Crippen molar-refractivity contribution in [2.45, 2.75) is 19.3 Å². The molecule has 2 aliphatic rings. The number of pyridine rings is 1. The molecule has 1 aromatic heterocycles. The van der Waals surface area contributed by atoms with Crippen LogP contribution in [0.3, 0.4) is 0 Å². The average molecular weight is 345 g/mol. The molecule has 0 aliphatic carbocycles. The lowest BCUT2D eigenvalue weighted by molar-refractivity contribution is -0.217. The minimum Gasteiger partial charge on any atom is -0.464 e. The van der Waals surface area contributed by atoms with Gasteiger partial charge in [-0.3, -0.25) is 9.88 Å². The van der Waals surface area contributed by atoms with Crippen LogP contribution in [-0.4, -0.2) is 42.5 Å². The fraction of sp³-hybridized carbons (Fsp3) is 0.353. The number of anilines is 1. The van der Waals surface area contributed by atoms with Crippen LogP contribution in [0.5, 0.6) is 5.75 Å². The Hall–Kier alpha value is -2.87. The first-order valence-corrected chi connectivity index (χ1v) is 7.98. The van der Waals surface area contributed by atoms with Gasteiger partial charge in [0.15, 0.2) is 0 Å². The van der Waals surface area contributed by atoms with Crippen LogP contribution >= 0.6 is 0 Å². The predicted molar refractivity (Wildman–Crippen MR) is 88.6 cm³/mol. The Balaban J connectivity index is 1.98. The summed E-state index contributed by atoms with van der Waals surface area (Å²) >= 11 is 0. The van der Waals surface area contributed by atoms with E-state index in [0.717, 1.165) is 18.6 Å². The van der Waals surface area contributed by atoms with Gasteiger partial charge in [0.05, 0.1) is 30.9 Å². The van der Waals surface area contributed by atoms with Crippen molar-refractivity contribution in [2.24, 2.45) is 0 Å². The van der Waals surface area contributed by atoms with Gasteiger partial charge in [0.1, 0.15) is 5.75 Å². The van der Waals surface area contributed by atoms with E-state index >= 15 is 0 Å². The second-order valence-corrected chi connectivity index (χ2v) is 5.54. The van der Waals surface area contributed by atoms with Gasteiger partial charge in [0, 0.05) is 24.8 Å². The van der Waals surface area contributed by atoms with Crippen LogP contribution < -0.4 is 15.0 Å². The van der Waals surface area contributed by atoms with E-state index in [9.17, 15) is 9.59 Å². The van der Waals surface area contributed by atoms with E-state index in [4.69, 9.17) is 14.2 Å². The molecule has 132 valence electrons. The van der Waals surface area contributed by atoms with E-state index in [1.54, 1.807) is 29.4 Å². The highest BCUT2D eigenvalue weighted by Gasteiger charge is 2.47. The fourth-order valence-electron chi connectivity index (χ4n) is 2.69. The molecule has 3 heterocycles. The van der Waals surface area contributed by atoms with Gasteiger partial charge in [0.2, 0.25) is 0 Å². The molecule has 0 aromatic carbocycles. The van der Waals surface area contributed by atoms with Crippen LogP contribution in [-0.2, 0) is 19.1 Å². The Bertz CT molecular complexity index is 696. The molecule has 3 rings (SSSR count). The van der Waals surface area contributed by atoms with E-state index < -0.39 is 17.8 Å². The molecule has 1 aromatic rings. The molecule has 25 heavy (non-hydrogen) atoms. The molecule has 1 fully saturated rings. The maximum absolute atomic E-state index is 12.0. The third kappa shape index (κ3) is 3.80. The molecule has 2 aliphatic heterocycles. The molecule has 1 saturated heterocycles. The molecule has 1 spiro atoms. The number of hydrogen-bond acceptors (Lipinski definition) is 8. The maximum Gasteiger partial charge on any atom is 0.356 e. The standard InChI is InChI=1S/C17H19N3O5/c1-2-8-23-14-9-13(10-19-11-14)20-7-3-6-18-12-17(20)24-15(21)4-5-16(22)25-17/h2,4-5,8-11,18H,3,6-7,12H2,1H3/b8-2+. The number of carbonyl (C=O) groups is 2. The quantitative estimate of drug-likeness (QED) is 0.643. The van der Waals surface area contributed by atoms with Crippen molar-refractivity contribution in [3.8, 4) is 5.75 Å². The van der Waals surface area contributed by atoms with Gasteiger partial charge in [-0.25, -0.2) is 9.59 Å². The molecule has 0 atom stereocenters. The predicted octanol–water partition coefficient (Wildman–Crippen LogP) is 1.10. The van der Waals surface area contributed by atoms with Gasteiger partial charge in [-0.05, 0) is 19.9 Å². The van der Waals surface area contributed by atoms with Crippen LogP contribution in [0.2, 0.25) is 0 Å². The van der Waals surface area contributed by atoms with E-state index in [2.05, 4.69) is 10.3 Å². The minimum atomic E-state index is -1.57. The Morgan fingerprint density at radius 1 is 1.28 bits per heavy atom. The van der Waals surface area contributed by atoms with Crippen molar-refractivity contribution in [1.82, 2.24) is 10.3 Å². The zero-order chi connectivity index (χ0) is 17.7. The summed E-state index contributed by atoms with van der Waals surface area (Å²) < 4.78 is 16.4. The number of nitrogens with zero attached hydrogens (tertiary/aromatic N) is 2. The van der Waals surface area contributed by atoms with Crippen LogP contribution in [0, 0.1) is 0 Å². The number of ether oxygens (including phenoxy) is 3. The second kappa shape index (κ2) is 7.35.